The number of nitrogen functional groups attached to an aromatic ring is 1. The summed E-state index contributed by atoms with van der Waals surface area (Å²) >= 11 is 2.30. The monoisotopic (exact) mass is 342 g/mol. The zero-order valence-electron chi connectivity index (χ0n) is 9.90. The van der Waals surface area contributed by atoms with Gasteiger partial charge in [0.2, 0.25) is 5.88 Å². The average Bonchev–Trinajstić information content (AvgIpc) is 2.61. The molecule has 1 aromatic heterocycles. The van der Waals surface area contributed by atoms with Crippen LogP contribution in [0.2, 0.25) is 0 Å². The second-order valence-electron chi connectivity index (χ2n) is 4.45. The zero-order valence-corrected chi connectivity index (χ0v) is 12.1. The van der Waals surface area contributed by atoms with Gasteiger partial charge < -0.3 is 10.3 Å². The molecule has 0 radical (unpaired) electrons. The van der Waals surface area contributed by atoms with Crippen LogP contribution < -0.4 is 5.73 Å². The van der Waals surface area contributed by atoms with E-state index >= 15 is 0 Å². The number of aromatic nitrogens is 1. The molecule has 0 fully saturated rings. The predicted octanol–water partition coefficient (Wildman–Crippen LogP) is 3.73. The van der Waals surface area contributed by atoms with Gasteiger partial charge in [-0.05, 0) is 41.0 Å². The molecule has 0 aliphatic carbocycles. The molecule has 0 spiro atoms. The fourth-order valence-electron chi connectivity index (χ4n) is 1.79. The minimum absolute atomic E-state index is 0.438. The summed E-state index contributed by atoms with van der Waals surface area (Å²) in [6.07, 6.45) is 0.885. The largest absolute Gasteiger partial charge is 0.367 e. The highest BCUT2D eigenvalue weighted by atomic mass is 127. The molecule has 17 heavy (non-hydrogen) atoms. The normalized spacial score (nSPS) is 11.1. The Kier molecular flexibility index (Phi) is 3.71. The van der Waals surface area contributed by atoms with Crippen molar-refractivity contribution in [2.24, 2.45) is 5.92 Å². The van der Waals surface area contributed by atoms with Crippen LogP contribution in [0.3, 0.4) is 0 Å². The Balaban J connectivity index is 2.49. The van der Waals surface area contributed by atoms with E-state index in [-0.39, 0.29) is 0 Å². The number of nitrogens with two attached hydrogens (primary N) is 1. The lowest BCUT2D eigenvalue weighted by Gasteiger charge is -2.06. The van der Waals surface area contributed by atoms with Gasteiger partial charge in [-0.2, -0.15) is 0 Å². The highest BCUT2D eigenvalue weighted by molar-refractivity contribution is 14.1. The summed E-state index contributed by atoms with van der Waals surface area (Å²) in [4.78, 5) is 0. The van der Waals surface area contributed by atoms with Crippen LogP contribution >= 0.6 is 22.6 Å². The molecule has 1 aromatic carbocycles. The van der Waals surface area contributed by atoms with E-state index in [1.165, 1.54) is 0 Å². The summed E-state index contributed by atoms with van der Waals surface area (Å²) in [5.41, 5.74) is 8.83. The molecular formula is C13H15IN2O. The minimum atomic E-state index is 0.438. The average molecular weight is 342 g/mol. The smallest absolute Gasteiger partial charge is 0.225 e. The molecule has 1 heterocycles. The van der Waals surface area contributed by atoms with Gasteiger partial charge in [-0.15, -0.1) is 0 Å². The summed E-state index contributed by atoms with van der Waals surface area (Å²) in [7, 11) is 0. The molecule has 0 unspecified atom stereocenters. The molecule has 3 nitrogen and oxygen atoms in total. The maximum atomic E-state index is 5.85. The van der Waals surface area contributed by atoms with Gasteiger partial charge in [0.1, 0.15) is 5.69 Å². The third kappa shape index (κ3) is 2.62. The first-order valence-electron chi connectivity index (χ1n) is 5.58. The van der Waals surface area contributed by atoms with Crippen LogP contribution in [0.5, 0.6) is 0 Å². The van der Waals surface area contributed by atoms with E-state index in [0.29, 0.717) is 11.8 Å². The molecule has 0 aliphatic rings. The summed E-state index contributed by atoms with van der Waals surface area (Å²) in [5, 5.41) is 4.10. The fourth-order valence-corrected chi connectivity index (χ4v) is 2.44. The molecule has 0 saturated heterocycles. The lowest BCUT2D eigenvalue weighted by molar-refractivity contribution is 0.438. The minimum Gasteiger partial charge on any atom is -0.367 e. The van der Waals surface area contributed by atoms with Gasteiger partial charge in [0.25, 0.3) is 0 Å². The van der Waals surface area contributed by atoms with E-state index in [4.69, 9.17) is 10.3 Å². The van der Waals surface area contributed by atoms with Crippen LogP contribution in [-0.4, -0.2) is 5.16 Å². The Bertz CT molecular complexity index is 520. The van der Waals surface area contributed by atoms with E-state index in [0.717, 1.165) is 26.8 Å². The molecule has 90 valence electrons. The molecule has 0 atom stereocenters. The number of benzene rings is 1. The quantitative estimate of drug-likeness (QED) is 0.865. The first kappa shape index (κ1) is 12.4. The Morgan fingerprint density at radius 3 is 2.71 bits per heavy atom. The summed E-state index contributed by atoms with van der Waals surface area (Å²) < 4.78 is 6.29. The van der Waals surface area contributed by atoms with Crippen molar-refractivity contribution >= 4 is 28.5 Å². The molecule has 4 heteroatoms. The zero-order chi connectivity index (χ0) is 12.4. The first-order chi connectivity index (χ1) is 8.09. The Morgan fingerprint density at radius 2 is 2.06 bits per heavy atom. The second kappa shape index (κ2) is 5.08. The van der Waals surface area contributed by atoms with Crippen LogP contribution in [0.25, 0.3) is 11.3 Å². The Labute approximate surface area is 115 Å². The SMILES string of the molecule is CC(C)Cc1c(-c2ccccc2I)noc1N. The standard InChI is InChI=1S/C13H15IN2O/c1-8(2)7-10-12(16-17-13(10)15)9-5-3-4-6-11(9)14/h3-6,8H,7,15H2,1-2H3. The molecule has 2 rings (SSSR count). The summed E-state index contributed by atoms with van der Waals surface area (Å²) in [5.74, 6) is 0.963. The highest BCUT2D eigenvalue weighted by Gasteiger charge is 2.17. The van der Waals surface area contributed by atoms with Crippen molar-refractivity contribution in [1.29, 1.82) is 0 Å². The van der Waals surface area contributed by atoms with E-state index in [2.05, 4.69) is 47.7 Å². The third-order valence-corrected chi connectivity index (χ3v) is 3.50. The van der Waals surface area contributed by atoms with Gasteiger partial charge in [-0.3, -0.25) is 0 Å². The Hall–Kier alpha value is -1.04. The fraction of sp³-hybridized carbons (Fsp3) is 0.308. The molecular weight excluding hydrogens is 327 g/mol. The maximum Gasteiger partial charge on any atom is 0.225 e. The van der Waals surface area contributed by atoms with Gasteiger partial charge in [-0.25, -0.2) is 0 Å². The summed E-state index contributed by atoms with van der Waals surface area (Å²) in [6.45, 7) is 4.32. The van der Waals surface area contributed by atoms with Crippen molar-refractivity contribution in [2.75, 3.05) is 5.73 Å². The predicted molar refractivity (Wildman–Crippen MR) is 77.6 cm³/mol. The topological polar surface area (TPSA) is 52.0 Å². The van der Waals surface area contributed by atoms with Gasteiger partial charge in [0.05, 0.1) is 0 Å². The van der Waals surface area contributed by atoms with E-state index in [1.807, 2.05) is 18.2 Å². The molecule has 0 aliphatic heterocycles. The molecule has 2 N–H and O–H groups in total. The van der Waals surface area contributed by atoms with E-state index in [9.17, 15) is 0 Å². The number of rotatable bonds is 3. The third-order valence-electron chi connectivity index (χ3n) is 2.56. The van der Waals surface area contributed by atoms with Gasteiger partial charge in [0, 0.05) is 14.7 Å². The van der Waals surface area contributed by atoms with Crippen molar-refractivity contribution in [1.82, 2.24) is 5.16 Å². The first-order valence-corrected chi connectivity index (χ1v) is 6.66. The van der Waals surface area contributed by atoms with Crippen LogP contribution in [0.15, 0.2) is 28.8 Å². The van der Waals surface area contributed by atoms with Crippen molar-refractivity contribution in [3.05, 3.63) is 33.4 Å². The number of hydrogen-bond acceptors (Lipinski definition) is 3. The van der Waals surface area contributed by atoms with Gasteiger partial charge >= 0.3 is 0 Å². The highest BCUT2D eigenvalue weighted by Crippen LogP contribution is 2.31. The van der Waals surface area contributed by atoms with Gasteiger partial charge in [-0.1, -0.05) is 37.2 Å². The Morgan fingerprint density at radius 1 is 1.35 bits per heavy atom. The summed E-state index contributed by atoms with van der Waals surface area (Å²) in [6, 6.07) is 8.11. The van der Waals surface area contributed by atoms with Crippen LogP contribution in [-0.2, 0) is 6.42 Å². The van der Waals surface area contributed by atoms with Crippen molar-refractivity contribution in [2.45, 2.75) is 20.3 Å². The van der Waals surface area contributed by atoms with E-state index in [1.54, 1.807) is 0 Å². The van der Waals surface area contributed by atoms with Crippen molar-refractivity contribution < 1.29 is 4.52 Å². The van der Waals surface area contributed by atoms with Crippen molar-refractivity contribution in [3.8, 4) is 11.3 Å². The van der Waals surface area contributed by atoms with Gasteiger partial charge in [0.15, 0.2) is 0 Å². The molecule has 2 aromatic rings. The number of nitrogens with zero attached hydrogens (tertiary/aromatic N) is 1. The molecule has 0 bridgehead atoms. The van der Waals surface area contributed by atoms with Crippen LogP contribution in [0.1, 0.15) is 19.4 Å². The second-order valence-corrected chi connectivity index (χ2v) is 5.61. The maximum absolute atomic E-state index is 5.85. The lowest BCUT2D eigenvalue weighted by atomic mass is 9.99. The van der Waals surface area contributed by atoms with Crippen LogP contribution in [0.4, 0.5) is 5.88 Å². The number of halogens is 1. The number of hydrogen-bond donors (Lipinski definition) is 1. The molecule has 0 saturated carbocycles. The molecule has 0 amide bonds. The van der Waals surface area contributed by atoms with Crippen molar-refractivity contribution in [3.63, 3.8) is 0 Å². The van der Waals surface area contributed by atoms with E-state index < -0.39 is 0 Å². The van der Waals surface area contributed by atoms with Crippen LogP contribution in [0, 0.1) is 9.49 Å². The number of anilines is 1. The lowest BCUT2D eigenvalue weighted by Crippen LogP contribution is -1.99.